The van der Waals surface area contributed by atoms with Gasteiger partial charge in [-0.25, -0.2) is 8.42 Å². The highest BCUT2D eigenvalue weighted by Gasteiger charge is 2.35. The summed E-state index contributed by atoms with van der Waals surface area (Å²) in [5.41, 5.74) is 2.81. The van der Waals surface area contributed by atoms with E-state index in [0.717, 1.165) is 24.9 Å². The second kappa shape index (κ2) is 10.9. The lowest BCUT2D eigenvalue weighted by molar-refractivity contribution is 0.153. The van der Waals surface area contributed by atoms with Crippen molar-refractivity contribution in [3.63, 3.8) is 0 Å². The molecule has 6 nitrogen and oxygen atoms in total. The molecule has 1 aliphatic heterocycles. The molecule has 1 saturated heterocycles. The normalized spacial score (nSPS) is 18.6. The summed E-state index contributed by atoms with van der Waals surface area (Å²) in [5, 5.41) is 12.3. The van der Waals surface area contributed by atoms with E-state index in [2.05, 4.69) is 24.1 Å². The summed E-state index contributed by atoms with van der Waals surface area (Å²) in [6, 6.07) is 6.39. The Bertz CT molecular complexity index is 761. The molecule has 3 N–H and O–H groups in total. The summed E-state index contributed by atoms with van der Waals surface area (Å²) in [6.07, 6.45) is 3.87. The number of nitrogens with one attached hydrogen (secondary N) is 2. The third kappa shape index (κ3) is 6.66. The first-order valence-electron chi connectivity index (χ1n) is 9.30. The highest BCUT2D eigenvalue weighted by atomic mass is 35.5. The second-order valence-corrected chi connectivity index (χ2v) is 9.26. The minimum absolute atomic E-state index is 0.256. The van der Waals surface area contributed by atoms with Gasteiger partial charge in [0.15, 0.2) is 9.84 Å². The van der Waals surface area contributed by atoms with Crippen molar-refractivity contribution in [3.05, 3.63) is 29.3 Å². The maximum Gasteiger partial charge on any atom is 0.175 e. The van der Waals surface area contributed by atoms with E-state index in [1.54, 1.807) is 12.1 Å². The van der Waals surface area contributed by atoms with Gasteiger partial charge in [-0.1, -0.05) is 43.4 Å². The van der Waals surface area contributed by atoms with Crippen LogP contribution in [-0.2, 0) is 9.84 Å². The van der Waals surface area contributed by atoms with Crippen LogP contribution in [0, 0.1) is 11.8 Å². The maximum absolute atomic E-state index is 13.0. The molecule has 2 unspecified atom stereocenters. The van der Waals surface area contributed by atoms with Crippen molar-refractivity contribution in [2.45, 2.75) is 44.0 Å². The quantitative estimate of drug-likeness (QED) is 0.345. The van der Waals surface area contributed by atoms with Crippen LogP contribution in [0.3, 0.4) is 0 Å². The zero-order valence-electron chi connectivity index (χ0n) is 15.6. The molecule has 0 radical (unpaired) electrons. The van der Waals surface area contributed by atoms with Crippen LogP contribution in [0.1, 0.15) is 32.6 Å². The highest BCUT2D eigenvalue weighted by molar-refractivity contribution is 7.92. The monoisotopic (exact) mass is 413 g/mol. The standard InChI is InChI=1S/C19H28ClN3O3S/c1-2-3-4-5-6-9-17(22-24)15-27(25,26)19-14-21-11-12-23(19)18-10-7-8-16(20)13-18/h7-8,10,13,17,19,21-22,24H,2-5,11-12,14-15H2,1H3. The lowest BCUT2D eigenvalue weighted by Gasteiger charge is -2.37. The number of unbranched alkanes of at least 4 members (excludes halogenated alkanes) is 3. The van der Waals surface area contributed by atoms with E-state index >= 15 is 0 Å². The van der Waals surface area contributed by atoms with E-state index in [-0.39, 0.29) is 5.75 Å². The number of hydrogen-bond acceptors (Lipinski definition) is 6. The summed E-state index contributed by atoms with van der Waals surface area (Å²) in [5.74, 6) is 5.54. The number of sulfone groups is 1. The van der Waals surface area contributed by atoms with E-state index in [4.69, 9.17) is 11.6 Å². The van der Waals surface area contributed by atoms with Crippen molar-refractivity contribution < 1.29 is 13.6 Å². The molecule has 1 aliphatic rings. The van der Waals surface area contributed by atoms with Gasteiger partial charge in [-0.2, -0.15) is 5.48 Å². The molecule has 0 saturated carbocycles. The Balaban J connectivity index is 2.11. The molecule has 1 aromatic carbocycles. The van der Waals surface area contributed by atoms with E-state index in [1.165, 1.54) is 0 Å². The smallest absolute Gasteiger partial charge is 0.175 e. The van der Waals surface area contributed by atoms with Gasteiger partial charge < -0.3 is 15.4 Å². The molecule has 27 heavy (non-hydrogen) atoms. The van der Waals surface area contributed by atoms with Crippen LogP contribution in [-0.4, -0.2) is 50.4 Å². The van der Waals surface area contributed by atoms with Crippen molar-refractivity contribution in [1.82, 2.24) is 10.8 Å². The minimum Gasteiger partial charge on any atom is -0.353 e. The minimum atomic E-state index is -3.56. The van der Waals surface area contributed by atoms with Gasteiger partial charge in [-0.15, -0.1) is 5.92 Å². The summed E-state index contributed by atoms with van der Waals surface area (Å²) in [6.45, 7) is 3.68. The number of hydrogen-bond donors (Lipinski definition) is 3. The van der Waals surface area contributed by atoms with E-state index < -0.39 is 21.3 Å². The molecule has 1 aromatic rings. The molecule has 2 atom stereocenters. The van der Waals surface area contributed by atoms with Crippen molar-refractivity contribution in [1.29, 1.82) is 0 Å². The Kier molecular flexibility index (Phi) is 8.87. The number of benzene rings is 1. The number of rotatable bonds is 8. The zero-order valence-corrected chi connectivity index (χ0v) is 17.2. The fourth-order valence-electron chi connectivity index (χ4n) is 3.06. The Morgan fingerprint density at radius 2 is 2.26 bits per heavy atom. The molecular formula is C19H28ClN3O3S. The predicted molar refractivity (Wildman–Crippen MR) is 110 cm³/mol. The zero-order chi connectivity index (χ0) is 19.7. The van der Waals surface area contributed by atoms with Gasteiger partial charge in [-0.05, 0) is 24.6 Å². The highest BCUT2D eigenvalue weighted by Crippen LogP contribution is 2.25. The van der Waals surface area contributed by atoms with Crippen LogP contribution in [0.2, 0.25) is 5.02 Å². The molecule has 0 bridgehead atoms. The predicted octanol–water partition coefficient (Wildman–Crippen LogP) is 2.42. The summed E-state index contributed by atoms with van der Waals surface area (Å²) < 4.78 is 26.1. The fraction of sp³-hybridized carbons (Fsp3) is 0.579. The Morgan fingerprint density at radius 1 is 1.44 bits per heavy atom. The number of nitrogens with zero attached hydrogens (tertiary/aromatic N) is 1. The van der Waals surface area contributed by atoms with Gasteiger partial charge in [0.25, 0.3) is 0 Å². The first kappa shape index (κ1) is 22.0. The summed E-state index contributed by atoms with van der Waals surface area (Å²) >= 11 is 6.07. The van der Waals surface area contributed by atoms with Gasteiger partial charge >= 0.3 is 0 Å². The SMILES string of the molecule is CCCCCC#CC(CS(=O)(=O)C1CNCCN1c1cccc(Cl)c1)NO. The molecule has 8 heteroatoms. The third-order valence-corrected chi connectivity index (χ3v) is 6.77. The molecular weight excluding hydrogens is 386 g/mol. The van der Waals surface area contributed by atoms with Crippen molar-refractivity contribution >= 4 is 27.1 Å². The molecule has 0 amide bonds. The number of hydroxylamine groups is 1. The van der Waals surface area contributed by atoms with Crippen molar-refractivity contribution in [2.75, 3.05) is 30.3 Å². The van der Waals surface area contributed by atoms with Crippen LogP contribution < -0.4 is 15.7 Å². The van der Waals surface area contributed by atoms with Crippen LogP contribution in [0.25, 0.3) is 0 Å². The molecule has 1 fully saturated rings. The van der Waals surface area contributed by atoms with Gasteiger partial charge in [-0.3, -0.25) is 0 Å². The van der Waals surface area contributed by atoms with Gasteiger partial charge in [0.1, 0.15) is 11.4 Å². The summed E-state index contributed by atoms with van der Waals surface area (Å²) in [7, 11) is -3.56. The van der Waals surface area contributed by atoms with Crippen LogP contribution in [0.5, 0.6) is 0 Å². The molecule has 1 heterocycles. The van der Waals surface area contributed by atoms with E-state index in [9.17, 15) is 13.6 Å². The molecule has 0 aromatic heterocycles. The number of anilines is 1. The average molecular weight is 414 g/mol. The van der Waals surface area contributed by atoms with E-state index in [0.29, 0.717) is 31.1 Å². The van der Waals surface area contributed by atoms with Crippen LogP contribution in [0.15, 0.2) is 24.3 Å². The average Bonchev–Trinajstić information content (AvgIpc) is 2.67. The largest absolute Gasteiger partial charge is 0.353 e. The van der Waals surface area contributed by atoms with Crippen LogP contribution in [0.4, 0.5) is 5.69 Å². The van der Waals surface area contributed by atoms with Gasteiger partial charge in [0, 0.05) is 36.8 Å². The molecule has 2 rings (SSSR count). The number of piperazine rings is 1. The number of halogens is 1. The van der Waals surface area contributed by atoms with E-state index in [1.807, 2.05) is 22.5 Å². The first-order chi connectivity index (χ1) is 13.0. The van der Waals surface area contributed by atoms with Gasteiger partial charge in [0.05, 0.1) is 5.75 Å². The topological polar surface area (TPSA) is 81.7 Å². The van der Waals surface area contributed by atoms with Crippen molar-refractivity contribution in [2.24, 2.45) is 0 Å². The van der Waals surface area contributed by atoms with Crippen molar-refractivity contribution in [3.8, 4) is 11.8 Å². The van der Waals surface area contributed by atoms with Gasteiger partial charge in [0.2, 0.25) is 0 Å². The fourth-order valence-corrected chi connectivity index (χ4v) is 5.08. The first-order valence-corrected chi connectivity index (χ1v) is 11.4. The Hall–Kier alpha value is -1.30. The maximum atomic E-state index is 13.0. The molecule has 150 valence electrons. The molecule has 0 spiro atoms. The summed E-state index contributed by atoms with van der Waals surface area (Å²) in [4.78, 5) is 1.85. The second-order valence-electron chi connectivity index (χ2n) is 6.62. The Labute approximate surface area is 167 Å². The Morgan fingerprint density at radius 3 is 2.96 bits per heavy atom. The van der Waals surface area contributed by atoms with Crippen LogP contribution >= 0.6 is 11.6 Å². The lowest BCUT2D eigenvalue weighted by atomic mass is 10.2. The molecule has 0 aliphatic carbocycles. The third-order valence-electron chi connectivity index (χ3n) is 4.49. The lowest BCUT2D eigenvalue weighted by Crippen LogP contribution is -2.56.